The summed E-state index contributed by atoms with van der Waals surface area (Å²) >= 11 is 0. The topological polar surface area (TPSA) is 64.1 Å². The van der Waals surface area contributed by atoms with E-state index in [1.54, 1.807) is 18.7 Å². The zero-order valence-electron chi connectivity index (χ0n) is 8.38. The van der Waals surface area contributed by atoms with E-state index >= 15 is 0 Å². The van der Waals surface area contributed by atoms with E-state index in [0.29, 0.717) is 6.54 Å². The molecule has 0 unspecified atom stereocenters. The number of nitrogens with zero attached hydrogens (tertiary/aromatic N) is 2. The Morgan fingerprint density at radius 2 is 2.19 bits per heavy atom. The van der Waals surface area contributed by atoms with Crippen molar-refractivity contribution in [2.24, 2.45) is 0 Å². The number of furan rings is 1. The number of nitrogens with one attached hydrogen (secondary N) is 1. The highest BCUT2D eigenvalue weighted by Crippen LogP contribution is 2.21. The minimum absolute atomic E-state index is 0.553. The van der Waals surface area contributed by atoms with Crippen LogP contribution in [-0.2, 0) is 6.54 Å². The van der Waals surface area contributed by atoms with E-state index in [2.05, 4.69) is 15.5 Å². The Morgan fingerprint density at radius 1 is 1.19 bits per heavy atom. The van der Waals surface area contributed by atoms with E-state index in [0.717, 1.165) is 22.5 Å². The van der Waals surface area contributed by atoms with Crippen LogP contribution >= 0.6 is 0 Å². The van der Waals surface area contributed by atoms with E-state index in [1.165, 1.54) is 0 Å². The van der Waals surface area contributed by atoms with Crippen LogP contribution in [0.5, 0.6) is 0 Å². The molecule has 0 aliphatic carbocycles. The Labute approximate surface area is 91.1 Å². The molecule has 5 nitrogen and oxygen atoms in total. The average molecular weight is 215 g/mol. The van der Waals surface area contributed by atoms with Gasteiger partial charge in [0.05, 0.1) is 24.4 Å². The molecule has 0 spiro atoms. The zero-order valence-corrected chi connectivity index (χ0v) is 8.38. The molecule has 80 valence electrons. The summed E-state index contributed by atoms with van der Waals surface area (Å²) in [5.41, 5.74) is 0.815. The van der Waals surface area contributed by atoms with Crippen molar-refractivity contribution in [1.82, 2.24) is 10.1 Å². The van der Waals surface area contributed by atoms with E-state index in [4.69, 9.17) is 8.94 Å². The highest BCUT2D eigenvalue weighted by Gasteiger charge is 2.04. The van der Waals surface area contributed by atoms with E-state index in [1.807, 2.05) is 18.2 Å². The fourth-order valence-corrected chi connectivity index (χ4v) is 1.54. The van der Waals surface area contributed by atoms with Crippen molar-refractivity contribution in [3.8, 4) is 0 Å². The van der Waals surface area contributed by atoms with Crippen LogP contribution in [0.25, 0.3) is 11.0 Å². The first kappa shape index (κ1) is 8.96. The molecule has 0 fully saturated rings. The Hall–Kier alpha value is -2.30. The molecule has 0 saturated carbocycles. The third kappa shape index (κ3) is 1.52. The van der Waals surface area contributed by atoms with Gasteiger partial charge in [0.15, 0.2) is 5.76 Å². The van der Waals surface area contributed by atoms with Gasteiger partial charge in [0.2, 0.25) is 0 Å². The average Bonchev–Trinajstić information content (AvgIpc) is 2.97. The highest BCUT2D eigenvalue weighted by atomic mass is 16.5. The molecule has 0 radical (unpaired) electrons. The maximum absolute atomic E-state index is 5.28. The molecular weight excluding hydrogens is 206 g/mol. The van der Waals surface area contributed by atoms with Gasteiger partial charge in [0.1, 0.15) is 11.4 Å². The first-order chi connectivity index (χ1) is 7.93. The molecule has 0 amide bonds. The maximum atomic E-state index is 5.28. The summed E-state index contributed by atoms with van der Waals surface area (Å²) in [7, 11) is 0. The maximum Gasteiger partial charge on any atom is 0.155 e. The van der Waals surface area contributed by atoms with Crippen LogP contribution in [0.1, 0.15) is 5.76 Å². The zero-order chi connectivity index (χ0) is 10.8. The van der Waals surface area contributed by atoms with Gasteiger partial charge in [0.25, 0.3) is 0 Å². The molecule has 16 heavy (non-hydrogen) atoms. The van der Waals surface area contributed by atoms with Crippen molar-refractivity contribution in [3.05, 3.63) is 42.6 Å². The van der Waals surface area contributed by atoms with Gasteiger partial charge in [-0.15, -0.1) is 0 Å². The highest BCUT2D eigenvalue weighted by molar-refractivity contribution is 5.87. The summed E-state index contributed by atoms with van der Waals surface area (Å²) in [6.45, 7) is 0.553. The minimum atomic E-state index is 0.553. The van der Waals surface area contributed by atoms with Crippen LogP contribution in [0.3, 0.4) is 0 Å². The summed E-state index contributed by atoms with van der Waals surface area (Å²) in [5, 5.41) is 7.76. The molecule has 3 aromatic rings. The lowest BCUT2D eigenvalue weighted by Crippen LogP contribution is -2.00. The van der Waals surface area contributed by atoms with E-state index in [9.17, 15) is 0 Å². The minimum Gasteiger partial charge on any atom is -0.464 e. The number of rotatable bonds is 3. The summed E-state index contributed by atoms with van der Waals surface area (Å²) < 4.78 is 10.3. The molecular formula is C11H9N3O2. The fraction of sp³-hybridized carbons (Fsp3) is 0.0909. The third-order valence-electron chi connectivity index (χ3n) is 2.30. The third-order valence-corrected chi connectivity index (χ3v) is 2.30. The Balaban J connectivity index is 1.86. The molecule has 3 heterocycles. The molecule has 0 aliphatic heterocycles. The predicted octanol–water partition coefficient (Wildman–Crippen LogP) is 2.43. The fourth-order valence-electron chi connectivity index (χ4n) is 1.54. The first-order valence-corrected chi connectivity index (χ1v) is 4.89. The molecule has 3 rings (SSSR count). The summed E-state index contributed by atoms with van der Waals surface area (Å²) in [5.74, 6) is 1.55. The summed E-state index contributed by atoms with van der Waals surface area (Å²) in [6.07, 6.45) is 4.96. The molecule has 0 atom stereocenters. The summed E-state index contributed by atoms with van der Waals surface area (Å²) in [6, 6.07) is 5.52. The van der Waals surface area contributed by atoms with Crippen molar-refractivity contribution < 1.29 is 8.94 Å². The quantitative estimate of drug-likeness (QED) is 0.726. The standard InChI is InChI=1S/C11H9N3O2/c1-5-14-16-8(1)7-13-11-9-3-6-15-10(9)2-4-12-11/h1-6H,7H2,(H,12,13). The van der Waals surface area contributed by atoms with Gasteiger partial charge in [0, 0.05) is 12.3 Å². The number of fused-ring (bicyclic) bond motifs is 1. The Bertz CT molecular complexity index is 586. The van der Waals surface area contributed by atoms with Gasteiger partial charge in [-0.3, -0.25) is 0 Å². The molecule has 5 heteroatoms. The van der Waals surface area contributed by atoms with Gasteiger partial charge in [-0.05, 0) is 12.1 Å². The monoisotopic (exact) mass is 215 g/mol. The largest absolute Gasteiger partial charge is 0.464 e. The first-order valence-electron chi connectivity index (χ1n) is 4.89. The summed E-state index contributed by atoms with van der Waals surface area (Å²) in [4.78, 5) is 4.25. The van der Waals surface area contributed by atoms with Crippen LogP contribution in [0.4, 0.5) is 5.82 Å². The van der Waals surface area contributed by atoms with Gasteiger partial charge in [-0.1, -0.05) is 5.16 Å². The number of anilines is 1. The molecule has 3 aromatic heterocycles. The SMILES string of the molecule is c1cc(CNc2nccc3occc23)on1. The number of aromatic nitrogens is 2. The normalized spacial score (nSPS) is 10.8. The second-order valence-electron chi connectivity index (χ2n) is 3.32. The van der Waals surface area contributed by atoms with Gasteiger partial charge < -0.3 is 14.3 Å². The number of pyridine rings is 1. The van der Waals surface area contributed by atoms with Crippen molar-refractivity contribution in [2.45, 2.75) is 6.54 Å². The van der Waals surface area contributed by atoms with Crippen LogP contribution in [-0.4, -0.2) is 10.1 Å². The lowest BCUT2D eigenvalue weighted by Gasteiger charge is -2.03. The Morgan fingerprint density at radius 3 is 3.06 bits per heavy atom. The Kier molecular flexibility index (Phi) is 2.07. The van der Waals surface area contributed by atoms with Crippen LogP contribution in [0, 0.1) is 0 Å². The molecule has 0 aromatic carbocycles. The molecule has 0 saturated heterocycles. The lowest BCUT2D eigenvalue weighted by atomic mass is 10.3. The van der Waals surface area contributed by atoms with Crippen molar-refractivity contribution in [1.29, 1.82) is 0 Å². The predicted molar refractivity (Wildman–Crippen MR) is 57.8 cm³/mol. The molecule has 1 N–H and O–H groups in total. The smallest absolute Gasteiger partial charge is 0.155 e. The van der Waals surface area contributed by atoms with Gasteiger partial charge in [-0.2, -0.15) is 0 Å². The van der Waals surface area contributed by atoms with Crippen molar-refractivity contribution >= 4 is 16.8 Å². The molecule has 0 aliphatic rings. The van der Waals surface area contributed by atoms with Crippen molar-refractivity contribution in [2.75, 3.05) is 5.32 Å². The molecule has 0 bridgehead atoms. The van der Waals surface area contributed by atoms with Gasteiger partial charge >= 0.3 is 0 Å². The lowest BCUT2D eigenvalue weighted by molar-refractivity contribution is 0.388. The van der Waals surface area contributed by atoms with Crippen LogP contribution in [0.15, 0.2) is 45.8 Å². The van der Waals surface area contributed by atoms with E-state index in [-0.39, 0.29) is 0 Å². The van der Waals surface area contributed by atoms with Crippen LogP contribution < -0.4 is 5.32 Å². The number of hydrogen-bond acceptors (Lipinski definition) is 5. The van der Waals surface area contributed by atoms with Gasteiger partial charge in [-0.25, -0.2) is 4.98 Å². The second-order valence-corrected chi connectivity index (χ2v) is 3.32. The number of hydrogen-bond donors (Lipinski definition) is 1. The van der Waals surface area contributed by atoms with E-state index < -0.39 is 0 Å². The second kappa shape index (κ2) is 3.69. The van der Waals surface area contributed by atoms with Crippen LogP contribution in [0.2, 0.25) is 0 Å². The van der Waals surface area contributed by atoms with Crippen molar-refractivity contribution in [3.63, 3.8) is 0 Å².